The van der Waals surface area contributed by atoms with Crippen LogP contribution in [0.2, 0.25) is 0 Å². The maximum absolute atomic E-state index is 5.55. The van der Waals surface area contributed by atoms with Gasteiger partial charge >= 0.3 is 0 Å². The molecule has 1 aliphatic rings. The van der Waals surface area contributed by atoms with Crippen LogP contribution in [0.5, 0.6) is 0 Å². The summed E-state index contributed by atoms with van der Waals surface area (Å²) < 4.78 is 15.8. The number of hydrogen-bond donors (Lipinski definition) is 1. The largest absolute Gasteiger partial charge is 0.392 e. The summed E-state index contributed by atoms with van der Waals surface area (Å²) >= 11 is 4.93. The van der Waals surface area contributed by atoms with Gasteiger partial charge in [0, 0.05) is 46.4 Å². The van der Waals surface area contributed by atoms with Gasteiger partial charge in [-0.3, -0.25) is 9.80 Å². The first-order chi connectivity index (χ1) is 9.72. The summed E-state index contributed by atoms with van der Waals surface area (Å²) in [6.45, 7) is 9.15. The summed E-state index contributed by atoms with van der Waals surface area (Å²) in [7, 11) is 1.67. The van der Waals surface area contributed by atoms with Crippen molar-refractivity contribution in [3.05, 3.63) is 0 Å². The molecule has 1 saturated heterocycles. The quantitative estimate of drug-likeness (QED) is 0.410. The standard InChI is InChI=1S/C13H27N3O3S/c1-17-8-9-19-11-10-18-7-6-15-2-4-16(5-3-15)12-13(14)20/h2-12H2,1H3,(H2,14,20). The summed E-state index contributed by atoms with van der Waals surface area (Å²) in [5, 5.41) is 0. The van der Waals surface area contributed by atoms with E-state index in [1.54, 1.807) is 7.11 Å². The lowest BCUT2D eigenvalue weighted by atomic mass is 10.3. The van der Waals surface area contributed by atoms with Gasteiger partial charge in [0.15, 0.2) is 0 Å². The van der Waals surface area contributed by atoms with Crippen molar-refractivity contribution in [1.29, 1.82) is 0 Å². The van der Waals surface area contributed by atoms with Gasteiger partial charge < -0.3 is 19.9 Å². The van der Waals surface area contributed by atoms with Gasteiger partial charge in [-0.05, 0) is 0 Å². The topological polar surface area (TPSA) is 60.2 Å². The fourth-order valence-corrected chi connectivity index (χ4v) is 2.23. The Labute approximate surface area is 127 Å². The van der Waals surface area contributed by atoms with Crippen LogP contribution in [0, 0.1) is 0 Å². The SMILES string of the molecule is COCCOCCOCCN1CCN(CC(N)=S)CC1. The summed E-state index contributed by atoms with van der Waals surface area (Å²) in [6, 6.07) is 0. The Bertz CT molecular complexity index is 261. The zero-order valence-corrected chi connectivity index (χ0v) is 13.2. The number of hydrogen-bond acceptors (Lipinski definition) is 6. The van der Waals surface area contributed by atoms with Gasteiger partial charge in [-0.1, -0.05) is 12.2 Å². The zero-order valence-electron chi connectivity index (χ0n) is 12.4. The van der Waals surface area contributed by atoms with Crippen molar-refractivity contribution in [2.24, 2.45) is 5.73 Å². The minimum absolute atomic E-state index is 0.579. The molecule has 0 spiro atoms. The van der Waals surface area contributed by atoms with E-state index < -0.39 is 0 Å². The third-order valence-corrected chi connectivity index (χ3v) is 3.33. The average molecular weight is 305 g/mol. The monoisotopic (exact) mass is 305 g/mol. The van der Waals surface area contributed by atoms with Crippen LogP contribution in [0.25, 0.3) is 0 Å². The molecule has 20 heavy (non-hydrogen) atoms. The third kappa shape index (κ3) is 8.78. The Kier molecular flexibility index (Phi) is 10.1. The Morgan fingerprint density at radius 2 is 1.50 bits per heavy atom. The van der Waals surface area contributed by atoms with Gasteiger partial charge in [0.2, 0.25) is 0 Å². The Morgan fingerprint density at radius 1 is 0.950 bits per heavy atom. The molecule has 6 nitrogen and oxygen atoms in total. The molecule has 0 bridgehead atoms. The van der Waals surface area contributed by atoms with E-state index in [2.05, 4.69) is 9.80 Å². The van der Waals surface area contributed by atoms with E-state index in [4.69, 9.17) is 32.2 Å². The first-order valence-corrected chi connectivity index (χ1v) is 7.50. The van der Waals surface area contributed by atoms with Gasteiger partial charge in [0.1, 0.15) is 0 Å². The molecule has 0 aromatic heterocycles. The maximum atomic E-state index is 5.55. The van der Waals surface area contributed by atoms with Crippen molar-refractivity contribution in [2.45, 2.75) is 0 Å². The lowest BCUT2D eigenvalue weighted by molar-refractivity contribution is 0.0163. The van der Waals surface area contributed by atoms with Crippen LogP contribution in [-0.4, -0.2) is 94.2 Å². The Morgan fingerprint density at radius 3 is 2.10 bits per heavy atom. The fourth-order valence-electron chi connectivity index (χ4n) is 2.05. The minimum Gasteiger partial charge on any atom is -0.392 e. The van der Waals surface area contributed by atoms with Crippen molar-refractivity contribution in [2.75, 3.05) is 79.4 Å². The van der Waals surface area contributed by atoms with Gasteiger partial charge in [0.25, 0.3) is 0 Å². The van der Waals surface area contributed by atoms with Crippen molar-refractivity contribution in [3.63, 3.8) is 0 Å². The molecule has 0 aromatic rings. The highest BCUT2D eigenvalue weighted by Gasteiger charge is 2.16. The van der Waals surface area contributed by atoms with Crippen LogP contribution in [-0.2, 0) is 14.2 Å². The fraction of sp³-hybridized carbons (Fsp3) is 0.923. The molecule has 0 aromatic carbocycles. The summed E-state index contributed by atoms with van der Waals surface area (Å²) in [4.78, 5) is 5.28. The smallest absolute Gasteiger partial charge is 0.0870 e. The second-order valence-corrected chi connectivity index (χ2v) is 5.33. The summed E-state index contributed by atoms with van der Waals surface area (Å²) in [5.41, 5.74) is 5.55. The average Bonchev–Trinajstić information content (AvgIpc) is 2.43. The number of piperazine rings is 1. The van der Waals surface area contributed by atoms with Gasteiger partial charge in [-0.15, -0.1) is 0 Å². The Hall–Kier alpha value is -0.310. The minimum atomic E-state index is 0.579. The molecule has 1 aliphatic heterocycles. The molecule has 1 fully saturated rings. The molecule has 0 radical (unpaired) electrons. The first kappa shape index (κ1) is 17.7. The lowest BCUT2D eigenvalue weighted by Crippen LogP contribution is -2.49. The van der Waals surface area contributed by atoms with Crippen LogP contribution in [0.15, 0.2) is 0 Å². The lowest BCUT2D eigenvalue weighted by Gasteiger charge is -2.34. The van der Waals surface area contributed by atoms with Crippen LogP contribution in [0.1, 0.15) is 0 Å². The third-order valence-electron chi connectivity index (χ3n) is 3.20. The number of thiocarbonyl (C=S) groups is 1. The summed E-state index contributed by atoms with van der Waals surface area (Å²) in [5.74, 6) is 0. The molecule has 0 saturated carbocycles. The van der Waals surface area contributed by atoms with Crippen LogP contribution < -0.4 is 5.73 Å². The van der Waals surface area contributed by atoms with Gasteiger partial charge in [-0.2, -0.15) is 0 Å². The van der Waals surface area contributed by atoms with Gasteiger partial charge in [-0.25, -0.2) is 0 Å². The molecule has 1 heterocycles. The van der Waals surface area contributed by atoms with Crippen molar-refractivity contribution in [1.82, 2.24) is 9.80 Å². The van der Waals surface area contributed by atoms with Gasteiger partial charge in [0.05, 0.1) is 38.0 Å². The predicted octanol–water partition coefficient (Wildman–Crippen LogP) is -0.430. The molecule has 118 valence electrons. The molecule has 0 atom stereocenters. The maximum Gasteiger partial charge on any atom is 0.0870 e. The normalized spacial score (nSPS) is 17.4. The highest BCUT2D eigenvalue weighted by atomic mass is 32.1. The van der Waals surface area contributed by atoms with Crippen LogP contribution in [0.4, 0.5) is 0 Å². The number of ether oxygens (including phenoxy) is 3. The molecule has 7 heteroatoms. The van der Waals surface area contributed by atoms with Crippen LogP contribution in [0.3, 0.4) is 0 Å². The molecule has 0 unspecified atom stereocenters. The van der Waals surface area contributed by atoms with E-state index in [1.165, 1.54) is 0 Å². The van der Waals surface area contributed by atoms with E-state index in [0.717, 1.165) is 45.9 Å². The number of rotatable bonds is 11. The highest BCUT2D eigenvalue weighted by molar-refractivity contribution is 7.80. The molecular formula is C13H27N3O3S. The van der Waals surface area contributed by atoms with Crippen molar-refractivity contribution in [3.8, 4) is 0 Å². The van der Waals surface area contributed by atoms with Crippen molar-refractivity contribution < 1.29 is 14.2 Å². The van der Waals surface area contributed by atoms with E-state index in [9.17, 15) is 0 Å². The first-order valence-electron chi connectivity index (χ1n) is 7.10. The van der Waals surface area contributed by atoms with E-state index >= 15 is 0 Å². The molecule has 0 amide bonds. The van der Waals surface area contributed by atoms with Crippen LogP contribution >= 0.6 is 12.2 Å². The van der Waals surface area contributed by atoms with E-state index in [1.807, 2.05) is 0 Å². The number of nitrogens with two attached hydrogens (primary N) is 1. The molecular weight excluding hydrogens is 278 g/mol. The number of nitrogens with zero attached hydrogens (tertiary/aromatic N) is 2. The molecule has 1 rings (SSSR count). The van der Waals surface area contributed by atoms with E-state index in [0.29, 0.717) is 31.4 Å². The zero-order chi connectivity index (χ0) is 14.6. The van der Waals surface area contributed by atoms with Crippen molar-refractivity contribution >= 4 is 17.2 Å². The molecule has 2 N–H and O–H groups in total. The second-order valence-electron chi connectivity index (χ2n) is 4.80. The van der Waals surface area contributed by atoms with E-state index in [-0.39, 0.29) is 0 Å². The summed E-state index contributed by atoms with van der Waals surface area (Å²) in [6.07, 6.45) is 0. The predicted molar refractivity (Wildman–Crippen MR) is 83.2 cm³/mol. The highest BCUT2D eigenvalue weighted by Crippen LogP contribution is 2.01. The second kappa shape index (κ2) is 11.4. The Balaban J connectivity index is 1.90. The molecule has 0 aliphatic carbocycles. The number of methoxy groups -OCH3 is 1.